The van der Waals surface area contributed by atoms with Crippen LogP contribution < -0.4 is 14.8 Å². The molecule has 1 aromatic carbocycles. The standard InChI is InChI=1S/C16H20N2O2/c1-11-13-5-6-14(18(13)9-8-17-11)12-4-7-15(19-2)16(10-12)20-3/h4-7,10-11,17H,8-9H2,1-3H3. The van der Waals surface area contributed by atoms with Crippen LogP contribution >= 0.6 is 0 Å². The van der Waals surface area contributed by atoms with Gasteiger partial charge in [0.2, 0.25) is 0 Å². The van der Waals surface area contributed by atoms with Crippen LogP contribution in [0.15, 0.2) is 30.3 Å². The zero-order chi connectivity index (χ0) is 14.1. The molecule has 0 saturated heterocycles. The zero-order valence-corrected chi connectivity index (χ0v) is 12.1. The lowest BCUT2D eigenvalue weighted by atomic mass is 10.1. The third-order valence-corrected chi connectivity index (χ3v) is 3.92. The molecule has 3 rings (SSSR count). The van der Waals surface area contributed by atoms with Crippen LogP contribution in [0.25, 0.3) is 11.3 Å². The van der Waals surface area contributed by atoms with Crippen LogP contribution in [-0.4, -0.2) is 25.3 Å². The van der Waals surface area contributed by atoms with Crippen LogP contribution in [0.2, 0.25) is 0 Å². The fourth-order valence-corrected chi connectivity index (χ4v) is 2.86. The fourth-order valence-electron chi connectivity index (χ4n) is 2.86. The second-order valence-corrected chi connectivity index (χ2v) is 5.04. The summed E-state index contributed by atoms with van der Waals surface area (Å²) in [7, 11) is 3.32. The van der Waals surface area contributed by atoms with Gasteiger partial charge in [-0.2, -0.15) is 0 Å². The van der Waals surface area contributed by atoms with E-state index >= 15 is 0 Å². The van der Waals surface area contributed by atoms with Crippen molar-refractivity contribution in [3.05, 3.63) is 36.0 Å². The Morgan fingerprint density at radius 2 is 1.90 bits per heavy atom. The molecule has 0 spiro atoms. The van der Waals surface area contributed by atoms with Gasteiger partial charge in [-0.05, 0) is 37.3 Å². The van der Waals surface area contributed by atoms with Crippen molar-refractivity contribution in [3.8, 4) is 22.8 Å². The van der Waals surface area contributed by atoms with Gasteiger partial charge in [-0.25, -0.2) is 0 Å². The molecule has 0 bridgehead atoms. The molecule has 4 heteroatoms. The number of hydrogen-bond acceptors (Lipinski definition) is 3. The Bertz CT molecular complexity index is 619. The van der Waals surface area contributed by atoms with Gasteiger partial charge in [-0.15, -0.1) is 0 Å². The number of rotatable bonds is 3. The monoisotopic (exact) mass is 272 g/mol. The summed E-state index contributed by atoms with van der Waals surface area (Å²) in [6.45, 7) is 4.20. The number of benzene rings is 1. The smallest absolute Gasteiger partial charge is 0.161 e. The number of fused-ring (bicyclic) bond motifs is 1. The number of ether oxygens (including phenoxy) is 2. The first-order chi connectivity index (χ1) is 9.74. The van der Waals surface area contributed by atoms with Crippen LogP contribution in [0.3, 0.4) is 0 Å². The summed E-state index contributed by atoms with van der Waals surface area (Å²) in [5, 5.41) is 3.48. The third kappa shape index (κ3) is 2.06. The fraction of sp³-hybridized carbons (Fsp3) is 0.375. The van der Waals surface area contributed by atoms with E-state index in [0.717, 1.165) is 30.2 Å². The van der Waals surface area contributed by atoms with E-state index in [-0.39, 0.29) is 0 Å². The van der Waals surface area contributed by atoms with E-state index in [1.807, 2.05) is 12.1 Å². The molecule has 2 aromatic rings. The summed E-state index contributed by atoms with van der Waals surface area (Å²) in [5.41, 5.74) is 3.72. The van der Waals surface area contributed by atoms with E-state index in [4.69, 9.17) is 9.47 Å². The van der Waals surface area contributed by atoms with Crippen LogP contribution in [-0.2, 0) is 6.54 Å². The lowest BCUT2D eigenvalue weighted by Crippen LogP contribution is -2.31. The molecule has 0 fully saturated rings. The number of hydrogen-bond donors (Lipinski definition) is 1. The lowest BCUT2D eigenvalue weighted by Gasteiger charge is -2.25. The number of methoxy groups -OCH3 is 2. The molecule has 1 aliphatic rings. The molecular weight excluding hydrogens is 252 g/mol. The van der Waals surface area contributed by atoms with E-state index in [0.29, 0.717) is 6.04 Å². The summed E-state index contributed by atoms with van der Waals surface area (Å²) < 4.78 is 13.1. The van der Waals surface area contributed by atoms with Crippen LogP contribution in [0.1, 0.15) is 18.7 Å². The van der Waals surface area contributed by atoms with Crippen molar-refractivity contribution < 1.29 is 9.47 Å². The number of nitrogens with zero attached hydrogens (tertiary/aromatic N) is 1. The molecule has 106 valence electrons. The van der Waals surface area contributed by atoms with Gasteiger partial charge < -0.3 is 19.4 Å². The molecule has 4 nitrogen and oxygen atoms in total. The molecule has 0 amide bonds. The Morgan fingerprint density at radius 1 is 1.10 bits per heavy atom. The van der Waals surface area contributed by atoms with E-state index in [9.17, 15) is 0 Å². The van der Waals surface area contributed by atoms with Gasteiger partial charge in [0, 0.05) is 36.1 Å². The van der Waals surface area contributed by atoms with E-state index in [1.54, 1.807) is 14.2 Å². The van der Waals surface area contributed by atoms with Crippen LogP contribution in [0, 0.1) is 0 Å². The maximum absolute atomic E-state index is 5.39. The number of aromatic nitrogens is 1. The first-order valence-electron chi connectivity index (χ1n) is 6.90. The summed E-state index contributed by atoms with van der Waals surface area (Å²) >= 11 is 0. The molecule has 1 aliphatic heterocycles. The van der Waals surface area contributed by atoms with Gasteiger partial charge in [0.1, 0.15) is 0 Å². The number of nitrogens with one attached hydrogen (secondary N) is 1. The van der Waals surface area contributed by atoms with Crippen molar-refractivity contribution in [2.75, 3.05) is 20.8 Å². The molecule has 20 heavy (non-hydrogen) atoms. The molecule has 0 saturated carbocycles. The molecule has 2 heterocycles. The van der Waals surface area contributed by atoms with Crippen molar-refractivity contribution in [1.82, 2.24) is 9.88 Å². The molecule has 1 unspecified atom stereocenters. The second kappa shape index (κ2) is 5.21. The van der Waals surface area contributed by atoms with Gasteiger partial charge in [0.05, 0.1) is 14.2 Å². The lowest BCUT2D eigenvalue weighted by molar-refractivity contribution is 0.355. The molecule has 0 aliphatic carbocycles. The van der Waals surface area contributed by atoms with E-state index in [2.05, 4.69) is 35.0 Å². The van der Waals surface area contributed by atoms with Crippen molar-refractivity contribution in [1.29, 1.82) is 0 Å². The third-order valence-electron chi connectivity index (χ3n) is 3.92. The summed E-state index contributed by atoms with van der Waals surface area (Å²) in [6.07, 6.45) is 0. The highest BCUT2D eigenvalue weighted by molar-refractivity contribution is 5.65. The average Bonchev–Trinajstić information content (AvgIpc) is 2.92. The Hall–Kier alpha value is -1.94. The first kappa shape index (κ1) is 13.1. The van der Waals surface area contributed by atoms with Crippen molar-refractivity contribution >= 4 is 0 Å². The SMILES string of the molecule is COc1ccc(-c2ccc3n2CCNC3C)cc1OC. The molecule has 1 atom stereocenters. The largest absolute Gasteiger partial charge is 0.493 e. The Balaban J connectivity index is 2.05. The van der Waals surface area contributed by atoms with Gasteiger partial charge in [0.15, 0.2) is 11.5 Å². The molecule has 0 radical (unpaired) electrons. The van der Waals surface area contributed by atoms with Gasteiger partial charge in [-0.1, -0.05) is 0 Å². The minimum absolute atomic E-state index is 0.401. The molecule has 1 N–H and O–H groups in total. The Kier molecular flexibility index (Phi) is 3.40. The summed E-state index contributed by atoms with van der Waals surface area (Å²) in [5.74, 6) is 1.53. The minimum atomic E-state index is 0.401. The van der Waals surface area contributed by atoms with Gasteiger partial charge in [0.25, 0.3) is 0 Å². The van der Waals surface area contributed by atoms with Crippen LogP contribution in [0.5, 0.6) is 11.5 Å². The average molecular weight is 272 g/mol. The van der Waals surface area contributed by atoms with Crippen molar-refractivity contribution in [2.45, 2.75) is 19.5 Å². The summed E-state index contributed by atoms with van der Waals surface area (Å²) in [4.78, 5) is 0. The van der Waals surface area contributed by atoms with E-state index < -0.39 is 0 Å². The molecule has 1 aromatic heterocycles. The Morgan fingerprint density at radius 3 is 2.65 bits per heavy atom. The second-order valence-electron chi connectivity index (χ2n) is 5.04. The quantitative estimate of drug-likeness (QED) is 0.933. The highest BCUT2D eigenvalue weighted by Gasteiger charge is 2.19. The van der Waals surface area contributed by atoms with Crippen LogP contribution in [0.4, 0.5) is 0 Å². The predicted octanol–water partition coefficient (Wildman–Crippen LogP) is 2.84. The highest BCUT2D eigenvalue weighted by Crippen LogP contribution is 2.34. The van der Waals surface area contributed by atoms with Crippen molar-refractivity contribution in [2.24, 2.45) is 0 Å². The maximum Gasteiger partial charge on any atom is 0.161 e. The van der Waals surface area contributed by atoms with Crippen molar-refractivity contribution in [3.63, 3.8) is 0 Å². The first-order valence-corrected chi connectivity index (χ1v) is 6.90. The maximum atomic E-state index is 5.39. The van der Waals surface area contributed by atoms with E-state index in [1.165, 1.54) is 11.4 Å². The normalized spacial score (nSPS) is 17.6. The van der Waals surface area contributed by atoms with Gasteiger partial charge >= 0.3 is 0 Å². The van der Waals surface area contributed by atoms with Gasteiger partial charge in [-0.3, -0.25) is 0 Å². The topological polar surface area (TPSA) is 35.4 Å². The highest BCUT2D eigenvalue weighted by atomic mass is 16.5. The summed E-state index contributed by atoms with van der Waals surface area (Å²) in [6, 6.07) is 10.9. The molecular formula is C16H20N2O2. The Labute approximate surface area is 119 Å². The minimum Gasteiger partial charge on any atom is -0.493 e. The zero-order valence-electron chi connectivity index (χ0n) is 12.1. The predicted molar refractivity (Wildman–Crippen MR) is 79.4 cm³/mol.